The van der Waals surface area contributed by atoms with E-state index in [1.54, 1.807) is 22.7 Å². The van der Waals surface area contributed by atoms with E-state index in [-0.39, 0.29) is 18.0 Å². The number of aromatic nitrogens is 1. The SMILES string of the molecule is Cc1csc(C(C)CNC(=O)NC2CCCc3sccc32)n1. The van der Waals surface area contributed by atoms with Crippen molar-refractivity contribution in [3.05, 3.63) is 38.0 Å². The van der Waals surface area contributed by atoms with E-state index in [0.29, 0.717) is 6.54 Å². The molecule has 0 fully saturated rings. The summed E-state index contributed by atoms with van der Waals surface area (Å²) in [6.07, 6.45) is 3.32. The van der Waals surface area contributed by atoms with Gasteiger partial charge in [-0.25, -0.2) is 9.78 Å². The number of hydrogen-bond donors (Lipinski definition) is 2. The summed E-state index contributed by atoms with van der Waals surface area (Å²) in [5.74, 6) is 0.243. The highest BCUT2D eigenvalue weighted by Crippen LogP contribution is 2.33. The van der Waals surface area contributed by atoms with Crippen LogP contribution in [0.4, 0.5) is 4.79 Å². The second-order valence-corrected chi connectivity index (χ2v) is 7.72. The van der Waals surface area contributed by atoms with E-state index in [2.05, 4.69) is 34.0 Å². The highest BCUT2D eigenvalue weighted by atomic mass is 32.1. The smallest absolute Gasteiger partial charge is 0.315 e. The van der Waals surface area contributed by atoms with Gasteiger partial charge in [-0.05, 0) is 43.2 Å². The lowest BCUT2D eigenvalue weighted by Gasteiger charge is -2.24. The quantitative estimate of drug-likeness (QED) is 0.887. The first kappa shape index (κ1) is 15.5. The van der Waals surface area contributed by atoms with Crippen LogP contribution >= 0.6 is 22.7 Å². The summed E-state index contributed by atoms with van der Waals surface area (Å²) in [6.45, 7) is 4.70. The molecule has 6 heteroatoms. The topological polar surface area (TPSA) is 54.0 Å². The number of nitrogens with one attached hydrogen (secondary N) is 2. The van der Waals surface area contributed by atoms with E-state index in [1.807, 2.05) is 12.3 Å². The van der Waals surface area contributed by atoms with Crippen molar-refractivity contribution in [2.45, 2.75) is 45.1 Å². The molecule has 3 rings (SSSR count). The number of hydrogen-bond acceptors (Lipinski definition) is 4. The van der Waals surface area contributed by atoms with Crippen LogP contribution in [-0.2, 0) is 6.42 Å². The molecule has 1 aliphatic rings. The van der Waals surface area contributed by atoms with Crippen LogP contribution in [0, 0.1) is 6.92 Å². The van der Waals surface area contributed by atoms with Crippen molar-refractivity contribution in [1.82, 2.24) is 15.6 Å². The Balaban J connectivity index is 1.51. The molecule has 118 valence electrons. The number of rotatable bonds is 4. The third-order valence-electron chi connectivity index (χ3n) is 3.98. The van der Waals surface area contributed by atoms with Gasteiger partial charge < -0.3 is 10.6 Å². The van der Waals surface area contributed by atoms with Gasteiger partial charge in [0, 0.05) is 28.4 Å². The Hall–Kier alpha value is -1.40. The van der Waals surface area contributed by atoms with Crippen molar-refractivity contribution in [2.75, 3.05) is 6.54 Å². The van der Waals surface area contributed by atoms with Crippen molar-refractivity contribution >= 4 is 28.7 Å². The Morgan fingerprint density at radius 3 is 3.14 bits per heavy atom. The highest BCUT2D eigenvalue weighted by Gasteiger charge is 2.22. The molecule has 0 saturated heterocycles. The van der Waals surface area contributed by atoms with Gasteiger partial charge in [-0.2, -0.15) is 0 Å². The zero-order valence-corrected chi connectivity index (χ0v) is 14.5. The first-order valence-electron chi connectivity index (χ1n) is 7.66. The van der Waals surface area contributed by atoms with Crippen LogP contribution < -0.4 is 10.6 Å². The van der Waals surface area contributed by atoms with Crippen molar-refractivity contribution in [2.24, 2.45) is 0 Å². The van der Waals surface area contributed by atoms with E-state index in [0.717, 1.165) is 30.0 Å². The molecule has 0 saturated carbocycles. The Morgan fingerprint density at radius 1 is 1.50 bits per heavy atom. The summed E-state index contributed by atoms with van der Waals surface area (Å²) in [7, 11) is 0. The van der Waals surface area contributed by atoms with E-state index >= 15 is 0 Å². The van der Waals surface area contributed by atoms with Crippen LogP contribution in [0.1, 0.15) is 52.9 Å². The first-order chi connectivity index (χ1) is 10.6. The number of carbonyl (C=O) groups excluding carboxylic acids is 1. The summed E-state index contributed by atoms with van der Waals surface area (Å²) < 4.78 is 0. The van der Waals surface area contributed by atoms with Gasteiger partial charge in [-0.3, -0.25) is 0 Å². The zero-order chi connectivity index (χ0) is 15.5. The van der Waals surface area contributed by atoms with Gasteiger partial charge in [0.1, 0.15) is 0 Å². The molecule has 4 nitrogen and oxygen atoms in total. The lowest BCUT2D eigenvalue weighted by Crippen LogP contribution is -2.40. The summed E-state index contributed by atoms with van der Waals surface area (Å²) >= 11 is 3.45. The second-order valence-electron chi connectivity index (χ2n) is 5.83. The Kier molecular flexibility index (Phi) is 4.78. The van der Waals surface area contributed by atoms with Gasteiger partial charge in [0.25, 0.3) is 0 Å². The lowest BCUT2D eigenvalue weighted by atomic mass is 9.94. The predicted molar refractivity (Wildman–Crippen MR) is 91.8 cm³/mol. The number of thiophene rings is 1. The van der Waals surface area contributed by atoms with Gasteiger partial charge in [-0.1, -0.05) is 6.92 Å². The molecule has 22 heavy (non-hydrogen) atoms. The minimum Gasteiger partial charge on any atom is -0.337 e. The average Bonchev–Trinajstić information content (AvgIpc) is 3.14. The first-order valence-corrected chi connectivity index (χ1v) is 9.42. The van der Waals surface area contributed by atoms with E-state index in [9.17, 15) is 4.79 Å². The van der Waals surface area contributed by atoms with Crippen LogP contribution in [0.15, 0.2) is 16.8 Å². The fourth-order valence-electron chi connectivity index (χ4n) is 2.78. The average molecular weight is 335 g/mol. The molecular formula is C16H21N3OS2. The number of fused-ring (bicyclic) bond motifs is 1. The molecule has 2 amide bonds. The minimum absolute atomic E-state index is 0.0795. The van der Waals surface area contributed by atoms with Crippen LogP contribution in [-0.4, -0.2) is 17.6 Å². The molecular weight excluding hydrogens is 314 g/mol. The molecule has 2 unspecified atom stereocenters. The van der Waals surface area contributed by atoms with E-state index in [1.165, 1.54) is 10.4 Å². The van der Waals surface area contributed by atoms with E-state index < -0.39 is 0 Å². The molecule has 2 aromatic rings. The van der Waals surface area contributed by atoms with Gasteiger partial charge >= 0.3 is 6.03 Å². The number of amides is 2. The fourth-order valence-corrected chi connectivity index (χ4v) is 4.62. The van der Waals surface area contributed by atoms with Gasteiger partial charge in [0.15, 0.2) is 0 Å². The summed E-state index contributed by atoms with van der Waals surface area (Å²) in [5.41, 5.74) is 2.35. The van der Waals surface area contributed by atoms with Crippen LogP contribution in [0.2, 0.25) is 0 Å². The third-order valence-corrected chi connectivity index (χ3v) is 6.18. The maximum atomic E-state index is 12.1. The normalized spacial score (nSPS) is 18.5. The van der Waals surface area contributed by atoms with Gasteiger partial charge in [0.2, 0.25) is 0 Å². The lowest BCUT2D eigenvalue weighted by molar-refractivity contribution is 0.235. The third kappa shape index (κ3) is 3.50. The molecule has 0 aromatic carbocycles. The molecule has 0 spiro atoms. The Morgan fingerprint density at radius 2 is 2.36 bits per heavy atom. The Bertz CT molecular complexity index is 649. The molecule has 0 aliphatic heterocycles. The van der Waals surface area contributed by atoms with Crippen LogP contribution in [0.25, 0.3) is 0 Å². The van der Waals surface area contributed by atoms with E-state index in [4.69, 9.17) is 0 Å². The number of thiazole rings is 1. The van der Waals surface area contributed by atoms with Gasteiger partial charge in [-0.15, -0.1) is 22.7 Å². The number of carbonyl (C=O) groups is 1. The summed E-state index contributed by atoms with van der Waals surface area (Å²) in [5, 5.41) is 11.3. The molecule has 2 heterocycles. The van der Waals surface area contributed by atoms with Crippen LogP contribution in [0.3, 0.4) is 0 Å². The molecule has 0 radical (unpaired) electrons. The highest BCUT2D eigenvalue weighted by molar-refractivity contribution is 7.10. The largest absolute Gasteiger partial charge is 0.337 e. The fraction of sp³-hybridized carbons (Fsp3) is 0.500. The monoisotopic (exact) mass is 335 g/mol. The van der Waals surface area contributed by atoms with Gasteiger partial charge in [0.05, 0.1) is 11.0 Å². The van der Waals surface area contributed by atoms with Crippen LogP contribution in [0.5, 0.6) is 0 Å². The summed E-state index contributed by atoms with van der Waals surface area (Å²) in [6, 6.07) is 2.22. The maximum absolute atomic E-state index is 12.1. The predicted octanol–water partition coefficient (Wildman–Crippen LogP) is 3.99. The molecule has 2 atom stereocenters. The van der Waals surface area contributed by atoms with Crippen molar-refractivity contribution in [1.29, 1.82) is 0 Å². The number of nitrogens with zero attached hydrogens (tertiary/aromatic N) is 1. The minimum atomic E-state index is -0.0795. The van der Waals surface area contributed by atoms with Crippen molar-refractivity contribution in [3.63, 3.8) is 0 Å². The molecule has 2 aromatic heterocycles. The maximum Gasteiger partial charge on any atom is 0.315 e. The Labute approximate surface area is 139 Å². The summed E-state index contributed by atoms with van der Waals surface area (Å²) in [4.78, 5) is 18.0. The number of urea groups is 1. The van der Waals surface area contributed by atoms with Crippen molar-refractivity contribution < 1.29 is 4.79 Å². The number of aryl methyl sites for hydroxylation is 2. The second kappa shape index (κ2) is 6.79. The van der Waals surface area contributed by atoms with Crippen molar-refractivity contribution in [3.8, 4) is 0 Å². The molecule has 0 bridgehead atoms. The zero-order valence-electron chi connectivity index (χ0n) is 12.9. The molecule has 1 aliphatic carbocycles. The standard InChI is InChI=1S/C16H21N3OS2/c1-10(15-18-11(2)9-22-15)8-17-16(20)19-13-4-3-5-14-12(13)6-7-21-14/h6-7,9-10,13H,3-5,8H2,1-2H3,(H2,17,19,20). The molecule has 2 N–H and O–H groups in total.